The minimum atomic E-state index is -0.316. The number of aliphatic hydroxyl groups excluding tert-OH is 1. The molecule has 168 valence electrons. The summed E-state index contributed by atoms with van der Waals surface area (Å²) in [7, 11) is 1.79. The van der Waals surface area contributed by atoms with Crippen LogP contribution in [-0.2, 0) is 5.41 Å². The molecule has 2 aromatic carbocycles. The number of carbonyl (C=O) groups excluding carboxylic acids is 1. The summed E-state index contributed by atoms with van der Waals surface area (Å²) in [6, 6.07) is 16.5. The molecule has 3 rings (SSSR count). The highest BCUT2D eigenvalue weighted by atomic mass is 35.5. The summed E-state index contributed by atoms with van der Waals surface area (Å²) >= 11 is 6.32. The SMILES string of the molecule is CN(c1cccc(C(=O)Nc2ccc(C(C)(C)C)cc2)c1OCCO)c1ncccc1Cl. The lowest BCUT2D eigenvalue weighted by Crippen LogP contribution is -2.19. The van der Waals surface area contributed by atoms with Crippen LogP contribution in [0.3, 0.4) is 0 Å². The highest BCUT2D eigenvalue weighted by Crippen LogP contribution is 2.37. The fraction of sp³-hybridized carbons (Fsp3) is 0.280. The number of carbonyl (C=O) groups is 1. The molecule has 0 spiro atoms. The molecule has 0 aliphatic carbocycles. The van der Waals surface area contributed by atoms with Crippen LogP contribution in [0.4, 0.5) is 17.2 Å². The fourth-order valence-corrected chi connectivity index (χ4v) is 3.51. The van der Waals surface area contributed by atoms with Gasteiger partial charge in [0.15, 0.2) is 11.6 Å². The maximum atomic E-state index is 13.1. The molecule has 0 atom stereocenters. The first kappa shape index (κ1) is 23.6. The number of nitrogens with zero attached hydrogens (tertiary/aromatic N) is 2. The number of hydrogen-bond acceptors (Lipinski definition) is 5. The molecule has 0 bridgehead atoms. The second-order valence-corrected chi connectivity index (χ2v) is 8.78. The van der Waals surface area contributed by atoms with Crippen molar-refractivity contribution in [2.24, 2.45) is 0 Å². The number of para-hydroxylation sites is 1. The molecule has 0 radical (unpaired) electrons. The first-order valence-electron chi connectivity index (χ1n) is 10.3. The zero-order valence-corrected chi connectivity index (χ0v) is 19.5. The number of aromatic nitrogens is 1. The summed E-state index contributed by atoms with van der Waals surface area (Å²) in [5, 5.41) is 12.7. The topological polar surface area (TPSA) is 74.7 Å². The van der Waals surface area contributed by atoms with Crippen LogP contribution in [0.25, 0.3) is 0 Å². The first-order valence-corrected chi connectivity index (χ1v) is 10.7. The second kappa shape index (κ2) is 10.0. The Bertz CT molecular complexity index is 1080. The number of halogens is 1. The van der Waals surface area contributed by atoms with E-state index in [1.54, 1.807) is 42.4 Å². The largest absolute Gasteiger partial charge is 0.488 e. The summed E-state index contributed by atoms with van der Waals surface area (Å²) < 4.78 is 5.80. The normalized spacial score (nSPS) is 11.2. The average Bonchev–Trinajstić information content (AvgIpc) is 2.77. The fourth-order valence-electron chi connectivity index (χ4n) is 3.26. The maximum Gasteiger partial charge on any atom is 0.259 e. The lowest BCUT2D eigenvalue weighted by atomic mass is 9.87. The summed E-state index contributed by atoms with van der Waals surface area (Å²) in [5.74, 6) is 0.553. The number of hydrogen-bond donors (Lipinski definition) is 2. The van der Waals surface area contributed by atoms with Crippen molar-refractivity contribution in [3.8, 4) is 5.75 Å². The van der Waals surface area contributed by atoms with Gasteiger partial charge in [-0.1, -0.05) is 50.6 Å². The number of rotatable bonds is 7. The van der Waals surface area contributed by atoms with E-state index in [0.29, 0.717) is 33.5 Å². The molecular formula is C25H28ClN3O3. The number of anilines is 3. The van der Waals surface area contributed by atoms with Crippen LogP contribution in [0.5, 0.6) is 5.75 Å². The third-order valence-corrected chi connectivity index (χ3v) is 5.30. The molecule has 1 aromatic heterocycles. The molecule has 32 heavy (non-hydrogen) atoms. The number of pyridine rings is 1. The molecule has 0 aliphatic rings. The average molecular weight is 454 g/mol. The Balaban J connectivity index is 1.94. The van der Waals surface area contributed by atoms with Crippen molar-refractivity contribution in [3.05, 3.63) is 76.9 Å². The Kier molecular flexibility index (Phi) is 7.38. The predicted octanol–water partition coefficient (Wildman–Crippen LogP) is 5.42. The summed E-state index contributed by atoms with van der Waals surface area (Å²) in [5.41, 5.74) is 2.84. The molecule has 1 amide bonds. The Morgan fingerprint density at radius 1 is 1.12 bits per heavy atom. The molecule has 0 fully saturated rings. The van der Waals surface area contributed by atoms with E-state index in [-0.39, 0.29) is 24.5 Å². The molecular weight excluding hydrogens is 426 g/mol. The molecule has 3 aromatic rings. The van der Waals surface area contributed by atoms with E-state index in [1.165, 1.54) is 5.56 Å². The van der Waals surface area contributed by atoms with Gasteiger partial charge in [0.1, 0.15) is 6.61 Å². The van der Waals surface area contributed by atoms with E-state index in [1.807, 2.05) is 30.3 Å². The Labute approximate surface area is 193 Å². The van der Waals surface area contributed by atoms with Gasteiger partial charge in [-0.05, 0) is 47.4 Å². The molecule has 0 saturated carbocycles. The van der Waals surface area contributed by atoms with Crippen LogP contribution >= 0.6 is 11.6 Å². The van der Waals surface area contributed by atoms with E-state index < -0.39 is 0 Å². The quantitative estimate of drug-likeness (QED) is 0.499. The van der Waals surface area contributed by atoms with Gasteiger partial charge in [0.05, 0.1) is 22.9 Å². The maximum absolute atomic E-state index is 13.1. The van der Waals surface area contributed by atoms with Crippen molar-refractivity contribution in [2.75, 3.05) is 30.5 Å². The lowest BCUT2D eigenvalue weighted by molar-refractivity contribution is 0.102. The standard InChI is InChI=1S/C25H28ClN3O3/c1-25(2,3)17-10-12-18(13-11-17)28-24(31)19-7-5-9-21(22(19)32-16-15-30)29(4)23-20(26)8-6-14-27-23/h5-14,30H,15-16H2,1-4H3,(H,28,31). The van der Waals surface area contributed by atoms with Gasteiger partial charge in [0.25, 0.3) is 5.91 Å². The van der Waals surface area contributed by atoms with Crippen LogP contribution in [0.15, 0.2) is 60.8 Å². The first-order chi connectivity index (χ1) is 15.2. The Morgan fingerprint density at radius 3 is 2.47 bits per heavy atom. The van der Waals surface area contributed by atoms with E-state index in [2.05, 4.69) is 31.1 Å². The van der Waals surface area contributed by atoms with Crippen LogP contribution in [0.1, 0.15) is 36.7 Å². The summed E-state index contributed by atoms with van der Waals surface area (Å²) in [6.45, 7) is 6.28. The predicted molar refractivity (Wildman–Crippen MR) is 129 cm³/mol. The number of amides is 1. The van der Waals surface area contributed by atoms with Crippen molar-refractivity contribution < 1.29 is 14.6 Å². The van der Waals surface area contributed by atoms with Crippen molar-refractivity contribution in [2.45, 2.75) is 26.2 Å². The zero-order chi connectivity index (χ0) is 23.3. The van der Waals surface area contributed by atoms with Crippen molar-refractivity contribution >= 4 is 34.7 Å². The molecule has 7 heteroatoms. The second-order valence-electron chi connectivity index (χ2n) is 8.38. The van der Waals surface area contributed by atoms with Gasteiger partial charge >= 0.3 is 0 Å². The van der Waals surface area contributed by atoms with Crippen LogP contribution in [-0.4, -0.2) is 36.3 Å². The molecule has 2 N–H and O–H groups in total. The number of aliphatic hydroxyl groups is 1. The van der Waals surface area contributed by atoms with Crippen molar-refractivity contribution in [3.63, 3.8) is 0 Å². The monoisotopic (exact) mass is 453 g/mol. The molecule has 6 nitrogen and oxygen atoms in total. The van der Waals surface area contributed by atoms with Gasteiger partial charge < -0.3 is 20.1 Å². The molecule has 0 aliphatic heterocycles. The van der Waals surface area contributed by atoms with E-state index >= 15 is 0 Å². The number of ether oxygens (including phenoxy) is 1. The van der Waals surface area contributed by atoms with Gasteiger partial charge in [-0.15, -0.1) is 0 Å². The van der Waals surface area contributed by atoms with Crippen molar-refractivity contribution in [1.82, 2.24) is 4.98 Å². The Hall–Kier alpha value is -3.09. The molecule has 1 heterocycles. The van der Waals surface area contributed by atoms with Crippen molar-refractivity contribution in [1.29, 1.82) is 0 Å². The van der Waals surface area contributed by atoms with Gasteiger partial charge in [0.2, 0.25) is 0 Å². The van der Waals surface area contributed by atoms with Gasteiger partial charge in [-0.25, -0.2) is 4.98 Å². The van der Waals surface area contributed by atoms with Crippen LogP contribution in [0.2, 0.25) is 5.02 Å². The summed E-state index contributed by atoms with van der Waals surface area (Å²) in [4.78, 5) is 19.2. The molecule has 0 unspecified atom stereocenters. The lowest BCUT2D eigenvalue weighted by Gasteiger charge is -2.24. The smallest absolute Gasteiger partial charge is 0.259 e. The minimum absolute atomic E-state index is 0.0273. The van der Waals surface area contributed by atoms with Crippen LogP contribution in [0, 0.1) is 0 Å². The zero-order valence-electron chi connectivity index (χ0n) is 18.7. The molecule has 0 saturated heterocycles. The summed E-state index contributed by atoms with van der Waals surface area (Å²) in [6.07, 6.45) is 1.64. The van der Waals surface area contributed by atoms with Gasteiger partial charge in [0, 0.05) is 18.9 Å². The van der Waals surface area contributed by atoms with E-state index in [9.17, 15) is 9.90 Å². The Morgan fingerprint density at radius 2 is 1.84 bits per heavy atom. The third kappa shape index (κ3) is 5.39. The van der Waals surface area contributed by atoms with E-state index in [0.717, 1.165) is 0 Å². The van der Waals surface area contributed by atoms with Gasteiger partial charge in [-0.3, -0.25) is 4.79 Å². The van der Waals surface area contributed by atoms with E-state index in [4.69, 9.17) is 16.3 Å². The number of nitrogens with one attached hydrogen (secondary N) is 1. The third-order valence-electron chi connectivity index (χ3n) is 5.00. The highest BCUT2D eigenvalue weighted by molar-refractivity contribution is 6.33. The number of benzene rings is 2. The highest BCUT2D eigenvalue weighted by Gasteiger charge is 2.21. The van der Waals surface area contributed by atoms with Crippen LogP contribution < -0.4 is 15.0 Å². The van der Waals surface area contributed by atoms with Gasteiger partial charge in [-0.2, -0.15) is 0 Å². The minimum Gasteiger partial charge on any atom is -0.488 e.